The number of halogens is 3. The van der Waals surface area contributed by atoms with Crippen LogP contribution in [0.15, 0.2) is 17.0 Å². The van der Waals surface area contributed by atoms with Gasteiger partial charge >= 0.3 is 0 Å². The van der Waals surface area contributed by atoms with E-state index in [0.29, 0.717) is 37.8 Å². The molecule has 0 bridgehead atoms. The van der Waals surface area contributed by atoms with E-state index in [4.69, 9.17) is 5.11 Å². The van der Waals surface area contributed by atoms with Gasteiger partial charge in [-0.25, -0.2) is 26.3 Å². The van der Waals surface area contributed by atoms with E-state index in [1.807, 2.05) is 0 Å². The highest BCUT2D eigenvalue weighted by molar-refractivity contribution is 7.89. The highest BCUT2D eigenvalue weighted by Gasteiger charge is 2.28. The van der Waals surface area contributed by atoms with Crippen molar-refractivity contribution in [3.8, 4) is 0 Å². The van der Waals surface area contributed by atoms with Crippen molar-refractivity contribution in [3.05, 3.63) is 29.6 Å². The van der Waals surface area contributed by atoms with Crippen LogP contribution in [0.5, 0.6) is 0 Å². The van der Waals surface area contributed by atoms with Gasteiger partial charge in [-0.05, 0) is 43.7 Å². The van der Waals surface area contributed by atoms with Gasteiger partial charge in [0.15, 0.2) is 17.5 Å². The molecule has 1 aliphatic carbocycles. The molecule has 2 rings (SSSR count). The Morgan fingerprint density at radius 2 is 1.71 bits per heavy atom. The molecule has 21 heavy (non-hydrogen) atoms. The Labute approximate surface area is 121 Å². The van der Waals surface area contributed by atoms with Crippen LogP contribution in [0.2, 0.25) is 0 Å². The summed E-state index contributed by atoms with van der Waals surface area (Å²) in [6.45, 7) is 0.0528. The minimum Gasteiger partial charge on any atom is -0.396 e. The van der Waals surface area contributed by atoms with Gasteiger partial charge in [-0.1, -0.05) is 0 Å². The molecule has 0 aliphatic heterocycles. The molecule has 0 aromatic heterocycles. The second kappa shape index (κ2) is 6.33. The fourth-order valence-corrected chi connectivity index (χ4v) is 3.84. The lowest BCUT2D eigenvalue weighted by Crippen LogP contribution is -2.38. The Morgan fingerprint density at radius 3 is 2.29 bits per heavy atom. The smallest absolute Gasteiger partial charge is 0.243 e. The Kier molecular flexibility index (Phi) is 4.90. The first-order valence-electron chi connectivity index (χ1n) is 6.62. The average Bonchev–Trinajstić information content (AvgIpc) is 2.45. The lowest BCUT2D eigenvalue weighted by atomic mass is 9.87. The van der Waals surface area contributed by atoms with E-state index in [2.05, 4.69) is 4.72 Å². The van der Waals surface area contributed by atoms with Crippen molar-refractivity contribution in [1.29, 1.82) is 0 Å². The monoisotopic (exact) mass is 323 g/mol. The van der Waals surface area contributed by atoms with Crippen molar-refractivity contribution >= 4 is 10.0 Å². The topological polar surface area (TPSA) is 66.4 Å². The Morgan fingerprint density at radius 1 is 1.10 bits per heavy atom. The second-order valence-electron chi connectivity index (χ2n) is 5.19. The number of rotatable bonds is 4. The van der Waals surface area contributed by atoms with Gasteiger partial charge in [0.2, 0.25) is 10.0 Å². The van der Waals surface area contributed by atoms with Crippen molar-refractivity contribution in [3.63, 3.8) is 0 Å². The number of aliphatic hydroxyl groups is 1. The number of nitrogens with one attached hydrogen (secondary N) is 1. The first-order chi connectivity index (χ1) is 9.85. The third-order valence-electron chi connectivity index (χ3n) is 3.72. The molecule has 0 radical (unpaired) electrons. The molecule has 8 heteroatoms. The molecule has 4 nitrogen and oxygen atoms in total. The molecule has 1 aliphatic rings. The summed E-state index contributed by atoms with van der Waals surface area (Å²) in [7, 11) is -4.25. The Bertz CT molecular complexity index is 613. The standard InChI is InChI=1S/C13H16F3NO3S/c14-10-5-6-11(13(16)12(10)15)21(19,20)17-9-3-1-8(7-18)2-4-9/h5-6,8-9,17-18H,1-4,7H2. The Balaban J connectivity index is 2.15. The van der Waals surface area contributed by atoms with Crippen LogP contribution in [0.4, 0.5) is 13.2 Å². The number of aliphatic hydroxyl groups excluding tert-OH is 1. The largest absolute Gasteiger partial charge is 0.396 e. The molecule has 1 saturated carbocycles. The summed E-state index contributed by atoms with van der Waals surface area (Å²) in [5.74, 6) is -4.81. The predicted molar refractivity (Wildman–Crippen MR) is 69.5 cm³/mol. The van der Waals surface area contributed by atoms with E-state index in [1.165, 1.54) is 0 Å². The van der Waals surface area contributed by atoms with Crippen LogP contribution in [0.25, 0.3) is 0 Å². The third kappa shape index (κ3) is 3.56. The quantitative estimate of drug-likeness (QED) is 0.832. The Hall–Kier alpha value is -1.12. The number of hydrogen-bond acceptors (Lipinski definition) is 3. The second-order valence-corrected chi connectivity index (χ2v) is 6.88. The summed E-state index contributed by atoms with van der Waals surface area (Å²) in [4.78, 5) is -0.898. The van der Waals surface area contributed by atoms with E-state index in [0.717, 1.165) is 0 Å². The molecule has 0 heterocycles. The fourth-order valence-electron chi connectivity index (χ4n) is 2.46. The molecule has 0 spiro atoms. The van der Waals surface area contributed by atoms with Crippen LogP contribution in [0, 0.1) is 23.4 Å². The number of benzene rings is 1. The van der Waals surface area contributed by atoms with E-state index < -0.39 is 38.4 Å². The highest BCUT2D eigenvalue weighted by Crippen LogP contribution is 2.26. The lowest BCUT2D eigenvalue weighted by Gasteiger charge is -2.27. The zero-order valence-corrected chi connectivity index (χ0v) is 12.0. The molecular formula is C13H16F3NO3S. The highest BCUT2D eigenvalue weighted by atomic mass is 32.2. The van der Waals surface area contributed by atoms with Crippen molar-refractivity contribution in [1.82, 2.24) is 4.72 Å². The molecule has 1 aromatic rings. The molecular weight excluding hydrogens is 307 g/mol. The minimum atomic E-state index is -4.25. The van der Waals surface area contributed by atoms with E-state index in [-0.39, 0.29) is 12.5 Å². The van der Waals surface area contributed by atoms with Gasteiger partial charge in [0.05, 0.1) is 0 Å². The van der Waals surface area contributed by atoms with Gasteiger partial charge in [0, 0.05) is 12.6 Å². The molecule has 1 aromatic carbocycles. The van der Waals surface area contributed by atoms with Crippen LogP contribution in [-0.2, 0) is 10.0 Å². The van der Waals surface area contributed by atoms with Gasteiger partial charge in [-0.3, -0.25) is 0 Å². The summed E-state index contributed by atoms with van der Waals surface area (Å²) in [5.41, 5.74) is 0. The zero-order valence-electron chi connectivity index (χ0n) is 11.2. The minimum absolute atomic E-state index is 0.0528. The SMILES string of the molecule is O=S(=O)(NC1CCC(CO)CC1)c1ccc(F)c(F)c1F. The van der Waals surface area contributed by atoms with Gasteiger partial charge < -0.3 is 5.11 Å². The van der Waals surface area contributed by atoms with Crippen LogP contribution >= 0.6 is 0 Å². The summed E-state index contributed by atoms with van der Waals surface area (Å²) in [6, 6.07) is 0.885. The third-order valence-corrected chi connectivity index (χ3v) is 5.25. The van der Waals surface area contributed by atoms with Crippen LogP contribution in [-0.4, -0.2) is 26.2 Å². The summed E-state index contributed by atoms with van der Waals surface area (Å²) < 4.78 is 65.9. The van der Waals surface area contributed by atoms with Gasteiger partial charge in [-0.15, -0.1) is 0 Å². The van der Waals surface area contributed by atoms with E-state index in [9.17, 15) is 21.6 Å². The summed E-state index contributed by atoms with van der Waals surface area (Å²) in [6.07, 6.45) is 2.33. The van der Waals surface area contributed by atoms with Gasteiger partial charge in [-0.2, -0.15) is 0 Å². The molecule has 118 valence electrons. The number of hydrogen-bond donors (Lipinski definition) is 2. The zero-order chi connectivity index (χ0) is 15.6. The first kappa shape index (κ1) is 16.3. The average molecular weight is 323 g/mol. The fraction of sp³-hybridized carbons (Fsp3) is 0.538. The normalized spacial score (nSPS) is 23.2. The predicted octanol–water partition coefficient (Wildman–Crippen LogP) is 1.93. The van der Waals surface area contributed by atoms with Crippen LogP contribution < -0.4 is 4.72 Å². The van der Waals surface area contributed by atoms with Crippen LogP contribution in [0.1, 0.15) is 25.7 Å². The molecule has 0 unspecified atom stereocenters. The summed E-state index contributed by atoms with van der Waals surface area (Å²) >= 11 is 0. The van der Waals surface area contributed by atoms with Crippen molar-refractivity contribution < 1.29 is 26.7 Å². The van der Waals surface area contributed by atoms with E-state index >= 15 is 0 Å². The van der Waals surface area contributed by atoms with Gasteiger partial charge in [0.1, 0.15) is 4.90 Å². The van der Waals surface area contributed by atoms with Crippen molar-refractivity contribution in [2.75, 3.05) is 6.61 Å². The maximum atomic E-state index is 13.6. The van der Waals surface area contributed by atoms with Crippen molar-refractivity contribution in [2.45, 2.75) is 36.6 Å². The molecule has 0 atom stereocenters. The maximum Gasteiger partial charge on any atom is 0.243 e. The molecule has 2 N–H and O–H groups in total. The molecule has 0 saturated heterocycles. The maximum absolute atomic E-state index is 13.6. The van der Waals surface area contributed by atoms with Crippen LogP contribution in [0.3, 0.4) is 0 Å². The molecule has 0 amide bonds. The van der Waals surface area contributed by atoms with Gasteiger partial charge in [0.25, 0.3) is 0 Å². The van der Waals surface area contributed by atoms with E-state index in [1.54, 1.807) is 0 Å². The number of sulfonamides is 1. The molecule has 1 fully saturated rings. The summed E-state index contributed by atoms with van der Waals surface area (Å²) in [5, 5.41) is 9.02. The first-order valence-corrected chi connectivity index (χ1v) is 8.10. The lowest BCUT2D eigenvalue weighted by molar-refractivity contribution is 0.180. The van der Waals surface area contributed by atoms with Crippen molar-refractivity contribution in [2.24, 2.45) is 5.92 Å².